The third kappa shape index (κ3) is 7.48. The highest BCUT2D eigenvalue weighted by Gasteiger charge is 2.28. The molecule has 1 rings (SSSR count). The van der Waals surface area contributed by atoms with Crippen molar-refractivity contribution in [1.29, 1.82) is 0 Å². The second-order valence-electron chi connectivity index (χ2n) is 5.12. The molecule has 2 N–H and O–H groups in total. The highest BCUT2D eigenvalue weighted by Crippen LogP contribution is 2.25. The van der Waals surface area contributed by atoms with Crippen LogP contribution in [0.4, 0.5) is 18.9 Å². The lowest BCUT2D eigenvalue weighted by Gasteiger charge is -2.14. The Hall–Kier alpha value is -2.89. The number of nitro benzene ring substituents is 1. The molecule has 0 radical (unpaired) electrons. The maximum atomic E-state index is 12.0. The summed E-state index contributed by atoms with van der Waals surface area (Å²) in [7, 11) is 0. The molecular formula is C14H13ClF3N3O6. The topological polar surface area (TPSA) is 128 Å². The van der Waals surface area contributed by atoms with E-state index in [1.165, 1.54) is 18.3 Å². The number of hydrogen-bond acceptors (Lipinski definition) is 6. The van der Waals surface area contributed by atoms with E-state index in [4.69, 9.17) is 11.6 Å². The molecule has 2 amide bonds. The van der Waals surface area contributed by atoms with Crippen LogP contribution in [0.15, 0.2) is 18.2 Å². The van der Waals surface area contributed by atoms with E-state index in [0.717, 1.165) is 12.1 Å². The fourth-order valence-electron chi connectivity index (χ4n) is 1.64. The van der Waals surface area contributed by atoms with Crippen LogP contribution in [-0.4, -0.2) is 48.1 Å². The molecule has 0 aromatic heterocycles. The molecule has 0 aliphatic carbocycles. The molecule has 9 nitrogen and oxygen atoms in total. The van der Waals surface area contributed by atoms with Gasteiger partial charge in [-0.05, 0) is 19.1 Å². The van der Waals surface area contributed by atoms with Gasteiger partial charge in [0.25, 0.3) is 17.5 Å². The maximum Gasteiger partial charge on any atom is 0.405 e. The summed E-state index contributed by atoms with van der Waals surface area (Å²) >= 11 is 5.62. The third-order valence-electron chi connectivity index (χ3n) is 2.94. The summed E-state index contributed by atoms with van der Waals surface area (Å²) in [5.41, 5.74) is -0.672. The molecule has 0 heterocycles. The number of esters is 1. The van der Waals surface area contributed by atoms with Gasteiger partial charge in [0.2, 0.25) is 0 Å². The van der Waals surface area contributed by atoms with Gasteiger partial charge in [-0.3, -0.25) is 19.7 Å². The van der Waals surface area contributed by atoms with Gasteiger partial charge < -0.3 is 15.4 Å². The van der Waals surface area contributed by atoms with Crippen LogP contribution in [0.25, 0.3) is 0 Å². The Bertz CT molecular complexity index is 756. The number of nitrogens with zero attached hydrogens (tertiary/aromatic N) is 1. The van der Waals surface area contributed by atoms with Crippen LogP contribution < -0.4 is 10.6 Å². The van der Waals surface area contributed by atoms with E-state index in [1.807, 2.05) is 0 Å². The van der Waals surface area contributed by atoms with Gasteiger partial charge in [-0.1, -0.05) is 11.6 Å². The number of nitro groups is 1. The monoisotopic (exact) mass is 411 g/mol. The fourth-order valence-corrected chi connectivity index (χ4v) is 1.83. The van der Waals surface area contributed by atoms with Crippen molar-refractivity contribution < 1.29 is 37.2 Å². The zero-order valence-electron chi connectivity index (χ0n) is 13.6. The molecule has 13 heteroatoms. The van der Waals surface area contributed by atoms with Crippen LogP contribution in [0.1, 0.15) is 17.3 Å². The van der Waals surface area contributed by atoms with Gasteiger partial charge in [0.15, 0.2) is 6.61 Å². The van der Waals surface area contributed by atoms with Crippen molar-refractivity contribution in [2.24, 2.45) is 0 Å². The molecule has 0 saturated carbocycles. The number of nitrogens with one attached hydrogen (secondary N) is 2. The summed E-state index contributed by atoms with van der Waals surface area (Å²) in [4.78, 5) is 44.8. The van der Waals surface area contributed by atoms with E-state index >= 15 is 0 Å². The summed E-state index contributed by atoms with van der Waals surface area (Å²) in [6, 6.07) is 1.94. The third-order valence-corrected chi connectivity index (χ3v) is 3.26. The van der Waals surface area contributed by atoms with Crippen molar-refractivity contribution in [1.82, 2.24) is 10.6 Å². The molecular weight excluding hydrogens is 399 g/mol. The SMILES string of the molecule is C[C@H](NC(=O)c1ccc(Cl)c([N+](=O)[O-])c1)C(=O)OCC(=O)NCC(F)(F)F. The molecule has 0 bridgehead atoms. The van der Waals surface area contributed by atoms with Crippen molar-refractivity contribution in [3.8, 4) is 0 Å². The lowest BCUT2D eigenvalue weighted by Crippen LogP contribution is -2.41. The molecule has 1 atom stereocenters. The molecule has 148 valence electrons. The van der Waals surface area contributed by atoms with Crippen LogP contribution >= 0.6 is 11.6 Å². The summed E-state index contributed by atoms with van der Waals surface area (Å²) in [6.45, 7) is -1.36. The van der Waals surface area contributed by atoms with Gasteiger partial charge in [-0.15, -0.1) is 0 Å². The first kappa shape index (κ1) is 22.2. The Balaban J connectivity index is 2.57. The summed E-state index contributed by atoms with van der Waals surface area (Å²) < 4.78 is 40.3. The Morgan fingerprint density at radius 2 is 1.96 bits per heavy atom. The molecule has 0 fully saturated rings. The second-order valence-corrected chi connectivity index (χ2v) is 5.53. The van der Waals surface area contributed by atoms with E-state index in [1.54, 1.807) is 0 Å². The average Bonchev–Trinajstić information content (AvgIpc) is 2.57. The van der Waals surface area contributed by atoms with E-state index in [0.29, 0.717) is 0 Å². The Kier molecular flexibility index (Phi) is 7.52. The summed E-state index contributed by atoms with van der Waals surface area (Å²) in [5.74, 6) is -3.12. The highest BCUT2D eigenvalue weighted by molar-refractivity contribution is 6.32. The molecule has 1 aromatic carbocycles. The van der Waals surface area contributed by atoms with Gasteiger partial charge in [-0.25, -0.2) is 4.79 Å². The molecule has 0 saturated heterocycles. The van der Waals surface area contributed by atoms with E-state index in [9.17, 15) is 37.7 Å². The molecule has 0 aliphatic heterocycles. The van der Waals surface area contributed by atoms with E-state index < -0.39 is 53.8 Å². The van der Waals surface area contributed by atoms with Crippen molar-refractivity contribution in [2.45, 2.75) is 19.1 Å². The standard InChI is InChI=1S/C14H13ClF3N3O6/c1-7(13(24)27-5-11(22)19-6-14(16,17)18)20-12(23)8-2-3-9(15)10(4-8)21(25)26/h2-4,7H,5-6H2,1H3,(H,19,22)(H,20,23)/t7-/m0/s1. The number of hydrogen-bond donors (Lipinski definition) is 2. The zero-order chi connectivity index (χ0) is 20.8. The van der Waals surface area contributed by atoms with E-state index in [-0.39, 0.29) is 10.6 Å². The molecule has 1 aromatic rings. The van der Waals surface area contributed by atoms with Gasteiger partial charge in [-0.2, -0.15) is 13.2 Å². The van der Waals surface area contributed by atoms with E-state index in [2.05, 4.69) is 10.1 Å². The molecule has 0 aliphatic rings. The Labute approximate surface area is 155 Å². The quantitative estimate of drug-likeness (QED) is 0.398. The first-order valence-corrected chi connectivity index (χ1v) is 7.53. The highest BCUT2D eigenvalue weighted by atomic mass is 35.5. The van der Waals surface area contributed by atoms with Crippen molar-refractivity contribution in [3.63, 3.8) is 0 Å². The largest absolute Gasteiger partial charge is 0.454 e. The normalized spacial score (nSPS) is 12.0. The van der Waals surface area contributed by atoms with Gasteiger partial charge >= 0.3 is 12.1 Å². The molecule has 0 spiro atoms. The smallest absolute Gasteiger partial charge is 0.405 e. The fraction of sp³-hybridized carbons (Fsp3) is 0.357. The second kappa shape index (κ2) is 9.16. The predicted octanol–water partition coefficient (Wildman–Crippen LogP) is 1.59. The van der Waals surface area contributed by atoms with Crippen LogP contribution in [0, 0.1) is 10.1 Å². The van der Waals surface area contributed by atoms with Gasteiger partial charge in [0.1, 0.15) is 17.6 Å². The number of alkyl halides is 3. The predicted molar refractivity (Wildman–Crippen MR) is 85.1 cm³/mol. The summed E-state index contributed by atoms with van der Waals surface area (Å²) in [5, 5.41) is 14.3. The average molecular weight is 412 g/mol. The number of carbonyl (C=O) groups is 3. The number of benzene rings is 1. The maximum absolute atomic E-state index is 12.0. The first-order valence-electron chi connectivity index (χ1n) is 7.15. The van der Waals surface area contributed by atoms with Crippen molar-refractivity contribution >= 4 is 35.1 Å². The van der Waals surface area contributed by atoms with Gasteiger partial charge in [0.05, 0.1) is 4.92 Å². The number of carbonyl (C=O) groups excluding carboxylic acids is 3. The van der Waals surface area contributed by atoms with Crippen LogP contribution in [0.2, 0.25) is 5.02 Å². The number of halogens is 4. The minimum atomic E-state index is -4.61. The van der Waals surface area contributed by atoms with Crippen molar-refractivity contribution in [2.75, 3.05) is 13.2 Å². The van der Waals surface area contributed by atoms with Crippen LogP contribution in [0.3, 0.4) is 0 Å². The number of amides is 2. The minimum Gasteiger partial charge on any atom is -0.454 e. The number of rotatable bonds is 7. The summed E-state index contributed by atoms with van der Waals surface area (Å²) in [6.07, 6.45) is -4.61. The Morgan fingerprint density at radius 3 is 2.52 bits per heavy atom. The van der Waals surface area contributed by atoms with Gasteiger partial charge in [0, 0.05) is 11.6 Å². The van der Waals surface area contributed by atoms with Crippen LogP contribution in [0.5, 0.6) is 0 Å². The number of ether oxygens (including phenoxy) is 1. The first-order chi connectivity index (χ1) is 12.4. The molecule has 0 unspecified atom stereocenters. The van der Waals surface area contributed by atoms with Crippen LogP contribution in [-0.2, 0) is 14.3 Å². The minimum absolute atomic E-state index is 0.159. The zero-order valence-corrected chi connectivity index (χ0v) is 14.4. The lowest BCUT2D eigenvalue weighted by atomic mass is 10.1. The lowest BCUT2D eigenvalue weighted by molar-refractivity contribution is -0.384. The Morgan fingerprint density at radius 1 is 1.33 bits per heavy atom. The van der Waals surface area contributed by atoms with Crippen molar-refractivity contribution in [3.05, 3.63) is 38.9 Å². The molecule has 27 heavy (non-hydrogen) atoms.